The predicted octanol–water partition coefficient (Wildman–Crippen LogP) is 1.78. The summed E-state index contributed by atoms with van der Waals surface area (Å²) in [6.45, 7) is 4.17. The van der Waals surface area contributed by atoms with Crippen LogP contribution in [0.4, 0.5) is 0 Å². The Bertz CT molecular complexity index is 602. The maximum atomic E-state index is 5.34. The summed E-state index contributed by atoms with van der Waals surface area (Å²) < 4.78 is 14.5. The number of aromatic nitrogens is 4. The fourth-order valence-corrected chi connectivity index (χ4v) is 2.93. The third-order valence-electron chi connectivity index (χ3n) is 3.06. The minimum absolute atomic E-state index is 0.171. The molecule has 0 bridgehead atoms. The van der Waals surface area contributed by atoms with E-state index in [0.29, 0.717) is 17.5 Å². The number of methoxy groups -OCH3 is 2. The van der Waals surface area contributed by atoms with Gasteiger partial charge in [-0.2, -0.15) is 4.98 Å². The second kappa shape index (κ2) is 6.77. The van der Waals surface area contributed by atoms with Crippen LogP contribution < -0.4 is 14.8 Å². The fourth-order valence-electron chi connectivity index (χ4n) is 2.01. The summed E-state index contributed by atoms with van der Waals surface area (Å²) in [6.07, 6.45) is 1.58. The van der Waals surface area contributed by atoms with Gasteiger partial charge in [-0.3, -0.25) is 0 Å². The van der Waals surface area contributed by atoms with Crippen molar-refractivity contribution in [1.82, 2.24) is 24.9 Å². The van der Waals surface area contributed by atoms with Gasteiger partial charge in [-0.05, 0) is 24.5 Å². The number of ether oxygens (including phenoxy) is 2. The zero-order chi connectivity index (χ0) is 15.4. The van der Waals surface area contributed by atoms with E-state index in [4.69, 9.17) is 9.47 Å². The number of hydrogen-bond acceptors (Lipinski definition) is 8. The topological polar surface area (TPSA) is 82.1 Å². The molecule has 21 heavy (non-hydrogen) atoms. The third-order valence-corrected chi connectivity index (χ3v) is 3.86. The molecule has 0 radical (unpaired) electrons. The van der Waals surface area contributed by atoms with E-state index in [1.165, 1.54) is 11.5 Å². The Balaban J connectivity index is 2.48. The van der Waals surface area contributed by atoms with Gasteiger partial charge in [-0.15, -0.1) is 5.10 Å². The van der Waals surface area contributed by atoms with Gasteiger partial charge in [0, 0.05) is 0 Å². The first-order valence-electron chi connectivity index (χ1n) is 6.56. The lowest BCUT2D eigenvalue weighted by Gasteiger charge is -2.18. The molecule has 1 N–H and O–H groups in total. The molecular formula is C13H19N5O2S. The second-order valence-electron chi connectivity index (χ2n) is 4.71. The Kier molecular flexibility index (Phi) is 5.03. The molecule has 1 unspecified atom stereocenters. The summed E-state index contributed by atoms with van der Waals surface area (Å²) in [5.41, 5.74) is 1.65. The maximum Gasteiger partial charge on any atom is 0.240 e. The lowest BCUT2D eigenvalue weighted by Crippen LogP contribution is -2.21. The first-order chi connectivity index (χ1) is 10.1. The highest BCUT2D eigenvalue weighted by Gasteiger charge is 2.26. The normalized spacial score (nSPS) is 12.5. The molecule has 0 spiro atoms. The van der Waals surface area contributed by atoms with Crippen LogP contribution >= 0.6 is 11.5 Å². The van der Waals surface area contributed by atoms with Crippen LogP contribution in [0.3, 0.4) is 0 Å². The predicted molar refractivity (Wildman–Crippen MR) is 80.0 cm³/mol. The first kappa shape index (κ1) is 15.6. The van der Waals surface area contributed by atoms with E-state index in [9.17, 15) is 0 Å². The molecule has 0 aromatic carbocycles. The standard InChI is InChI=1S/C13H19N5O2S/c1-7(2)9-12(21-18-17-9)10(14-3)11-13(20-5)16-8(19-4)6-15-11/h6-7,10,14H,1-5H3. The van der Waals surface area contributed by atoms with Gasteiger partial charge in [-0.1, -0.05) is 18.3 Å². The van der Waals surface area contributed by atoms with E-state index in [0.717, 1.165) is 10.6 Å². The van der Waals surface area contributed by atoms with E-state index in [1.807, 2.05) is 7.05 Å². The van der Waals surface area contributed by atoms with E-state index in [1.54, 1.807) is 20.4 Å². The molecule has 1 atom stereocenters. The zero-order valence-electron chi connectivity index (χ0n) is 12.7. The van der Waals surface area contributed by atoms with Gasteiger partial charge in [0.2, 0.25) is 11.8 Å². The number of rotatable bonds is 6. The molecule has 114 valence electrons. The molecule has 0 aliphatic carbocycles. The largest absolute Gasteiger partial charge is 0.480 e. The molecule has 2 heterocycles. The SMILES string of the molecule is CNC(c1ncc(OC)nc1OC)c1snnc1C(C)C. The molecule has 2 aromatic heterocycles. The van der Waals surface area contributed by atoms with Crippen molar-refractivity contribution in [1.29, 1.82) is 0 Å². The van der Waals surface area contributed by atoms with Crippen LogP contribution in [0.5, 0.6) is 11.8 Å². The Hall–Kier alpha value is -1.80. The van der Waals surface area contributed by atoms with Crippen molar-refractivity contribution in [2.24, 2.45) is 0 Å². The van der Waals surface area contributed by atoms with Crippen LogP contribution in [0, 0.1) is 0 Å². The van der Waals surface area contributed by atoms with Gasteiger partial charge in [0.15, 0.2) is 0 Å². The lowest BCUT2D eigenvalue weighted by molar-refractivity contribution is 0.353. The summed E-state index contributed by atoms with van der Waals surface area (Å²) in [7, 11) is 4.97. The summed E-state index contributed by atoms with van der Waals surface area (Å²) in [5, 5.41) is 7.45. The van der Waals surface area contributed by atoms with Crippen LogP contribution in [-0.4, -0.2) is 40.8 Å². The van der Waals surface area contributed by atoms with Crippen molar-refractivity contribution in [3.05, 3.63) is 22.5 Å². The van der Waals surface area contributed by atoms with E-state index in [2.05, 4.69) is 38.7 Å². The van der Waals surface area contributed by atoms with E-state index in [-0.39, 0.29) is 12.0 Å². The van der Waals surface area contributed by atoms with Gasteiger partial charge in [-0.25, -0.2) is 4.98 Å². The highest BCUT2D eigenvalue weighted by atomic mass is 32.1. The van der Waals surface area contributed by atoms with Crippen LogP contribution in [0.1, 0.15) is 42.1 Å². The quantitative estimate of drug-likeness (QED) is 0.871. The first-order valence-corrected chi connectivity index (χ1v) is 7.34. The lowest BCUT2D eigenvalue weighted by atomic mass is 10.0. The highest BCUT2D eigenvalue weighted by molar-refractivity contribution is 7.05. The summed E-state index contributed by atoms with van der Waals surface area (Å²) in [4.78, 5) is 9.72. The molecule has 0 saturated heterocycles. The Morgan fingerprint density at radius 2 is 1.95 bits per heavy atom. The summed E-state index contributed by atoms with van der Waals surface area (Å²) >= 11 is 1.36. The number of nitrogens with zero attached hydrogens (tertiary/aromatic N) is 4. The van der Waals surface area contributed by atoms with Gasteiger partial charge in [0.25, 0.3) is 0 Å². The molecule has 0 saturated carbocycles. The Morgan fingerprint density at radius 1 is 1.19 bits per heavy atom. The van der Waals surface area contributed by atoms with Crippen molar-refractivity contribution >= 4 is 11.5 Å². The number of hydrogen-bond donors (Lipinski definition) is 1. The van der Waals surface area contributed by atoms with Crippen molar-refractivity contribution in [3.63, 3.8) is 0 Å². The number of nitrogens with one attached hydrogen (secondary N) is 1. The van der Waals surface area contributed by atoms with E-state index >= 15 is 0 Å². The molecule has 0 aliphatic rings. The second-order valence-corrected chi connectivity index (χ2v) is 5.49. The van der Waals surface area contributed by atoms with Gasteiger partial charge in [0.1, 0.15) is 5.69 Å². The molecule has 0 amide bonds. The fraction of sp³-hybridized carbons (Fsp3) is 0.538. The zero-order valence-corrected chi connectivity index (χ0v) is 13.6. The van der Waals surface area contributed by atoms with Gasteiger partial charge < -0.3 is 14.8 Å². The minimum Gasteiger partial charge on any atom is -0.480 e. The highest BCUT2D eigenvalue weighted by Crippen LogP contribution is 2.33. The van der Waals surface area contributed by atoms with Crippen molar-refractivity contribution in [2.75, 3.05) is 21.3 Å². The van der Waals surface area contributed by atoms with E-state index < -0.39 is 0 Å². The van der Waals surface area contributed by atoms with Crippen molar-refractivity contribution in [2.45, 2.75) is 25.8 Å². The Morgan fingerprint density at radius 3 is 2.52 bits per heavy atom. The summed E-state index contributed by atoms with van der Waals surface area (Å²) in [5.74, 6) is 1.13. The van der Waals surface area contributed by atoms with Gasteiger partial charge in [0.05, 0.1) is 37.0 Å². The van der Waals surface area contributed by atoms with Crippen molar-refractivity contribution in [3.8, 4) is 11.8 Å². The molecule has 0 fully saturated rings. The third kappa shape index (κ3) is 3.11. The molecule has 7 nitrogen and oxygen atoms in total. The van der Waals surface area contributed by atoms with Crippen LogP contribution in [0.25, 0.3) is 0 Å². The molecule has 2 rings (SSSR count). The van der Waals surface area contributed by atoms with Crippen LogP contribution in [0.15, 0.2) is 6.20 Å². The molecule has 2 aromatic rings. The maximum absolute atomic E-state index is 5.34. The molecule has 0 aliphatic heterocycles. The molecule has 8 heteroatoms. The monoisotopic (exact) mass is 309 g/mol. The summed E-state index contributed by atoms with van der Waals surface area (Å²) in [6, 6.07) is -0.171. The Labute approximate surface area is 127 Å². The average molecular weight is 309 g/mol. The average Bonchev–Trinajstić information content (AvgIpc) is 2.98. The molecular weight excluding hydrogens is 290 g/mol. The minimum atomic E-state index is -0.171. The smallest absolute Gasteiger partial charge is 0.240 e. The van der Waals surface area contributed by atoms with Crippen molar-refractivity contribution < 1.29 is 9.47 Å². The van der Waals surface area contributed by atoms with Gasteiger partial charge >= 0.3 is 0 Å². The van der Waals surface area contributed by atoms with Crippen LogP contribution in [-0.2, 0) is 0 Å². The van der Waals surface area contributed by atoms with Crippen LogP contribution in [0.2, 0.25) is 0 Å².